The van der Waals surface area contributed by atoms with Gasteiger partial charge in [-0.05, 0) is 37.3 Å². The van der Waals surface area contributed by atoms with Crippen molar-refractivity contribution in [3.05, 3.63) is 48.6 Å². The summed E-state index contributed by atoms with van der Waals surface area (Å²) >= 11 is 0. The molecule has 0 bridgehead atoms. The molecular formula is C20H18FN5O. The third-order valence-corrected chi connectivity index (χ3v) is 4.60. The third kappa shape index (κ3) is 3.15. The molecule has 0 aliphatic heterocycles. The van der Waals surface area contributed by atoms with Gasteiger partial charge in [0.05, 0.1) is 0 Å². The van der Waals surface area contributed by atoms with Gasteiger partial charge in [0.25, 0.3) is 0 Å². The summed E-state index contributed by atoms with van der Waals surface area (Å²) in [5.74, 6) is 6.21. The number of rotatable bonds is 3. The van der Waals surface area contributed by atoms with E-state index in [9.17, 15) is 9.50 Å². The summed E-state index contributed by atoms with van der Waals surface area (Å²) in [5.41, 5.74) is 6.63. The molecule has 0 unspecified atom stereocenters. The van der Waals surface area contributed by atoms with E-state index in [0.29, 0.717) is 41.9 Å². The van der Waals surface area contributed by atoms with Gasteiger partial charge in [-0.1, -0.05) is 24.1 Å². The van der Waals surface area contributed by atoms with Gasteiger partial charge in [-0.25, -0.2) is 19.3 Å². The van der Waals surface area contributed by atoms with Crippen molar-refractivity contribution in [3.8, 4) is 23.2 Å². The van der Waals surface area contributed by atoms with Crippen molar-refractivity contribution in [2.75, 3.05) is 5.73 Å². The molecule has 0 radical (unpaired) electrons. The molecule has 1 aliphatic carbocycles. The van der Waals surface area contributed by atoms with Crippen LogP contribution >= 0.6 is 0 Å². The van der Waals surface area contributed by atoms with Crippen molar-refractivity contribution >= 4 is 17.0 Å². The predicted molar refractivity (Wildman–Crippen MR) is 101 cm³/mol. The lowest BCUT2D eigenvalue weighted by atomic mass is 9.81. The number of nitrogens with two attached hydrogens (primary N) is 1. The van der Waals surface area contributed by atoms with E-state index < -0.39 is 5.60 Å². The standard InChI is InChI=1S/C20H18FN5O/c1-2-11-26-18(13-5-3-6-14(21)12-13)25-16-17(22)23-15(24-19(16)26)7-10-20(27)8-4-9-20/h2-3,5-6,12,27H,1,4,8-9,11H2,(H2,22,23,24). The number of benzene rings is 1. The van der Waals surface area contributed by atoms with Gasteiger partial charge in [-0.3, -0.25) is 0 Å². The second-order valence-corrected chi connectivity index (χ2v) is 6.58. The van der Waals surface area contributed by atoms with Gasteiger partial charge < -0.3 is 15.4 Å². The molecule has 27 heavy (non-hydrogen) atoms. The lowest BCUT2D eigenvalue weighted by molar-refractivity contribution is 0.0239. The van der Waals surface area contributed by atoms with Crippen molar-refractivity contribution in [2.45, 2.75) is 31.4 Å². The Labute approximate surface area is 155 Å². The number of aliphatic hydroxyl groups is 1. The Bertz CT molecular complexity index is 1100. The van der Waals surface area contributed by atoms with Crippen LogP contribution in [-0.2, 0) is 6.54 Å². The number of anilines is 1. The van der Waals surface area contributed by atoms with E-state index in [1.807, 2.05) is 0 Å². The predicted octanol–water partition coefficient (Wildman–Crippen LogP) is 2.67. The van der Waals surface area contributed by atoms with Crippen molar-refractivity contribution in [3.63, 3.8) is 0 Å². The number of nitrogen functional groups attached to an aromatic ring is 1. The highest BCUT2D eigenvalue weighted by Crippen LogP contribution is 2.31. The summed E-state index contributed by atoms with van der Waals surface area (Å²) in [6.45, 7) is 4.18. The number of hydrogen-bond acceptors (Lipinski definition) is 5. The molecule has 0 amide bonds. The van der Waals surface area contributed by atoms with Crippen molar-refractivity contribution in [2.24, 2.45) is 0 Å². The van der Waals surface area contributed by atoms with Gasteiger partial charge in [-0.15, -0.1) is 6.58 Å². The molecule has 7 heteroatoms. The number of fused-ring (bicyclic) bond motifs is 1. The Morgan fingerprint density at radius 2 is 2.15 bits per heavy atom. The normalized spacial score (nSPS) is 15.0. The fraction of sp³-hybridized carbons (Fsp3) is 0.250. The zero-order valence-corrected chi connectivity index (χ0v) is 14.6. The minimum absolute atomic E-state index is 0.186. The monoisotopic (exact) mass is 363 g/mol. The molecule has 4 rings (SSSR count). The van der Waals surface area contributed by atoms with E-state index >= 15 is 0 Å². The lowest BCUT2D eigenvalue weighted by Gasteiger charge is -2.30. The maximum atomic E-state index is 13.7. The summed E-state index contributed by atoms with van der Waals surface area (Å²) in [6, 6.07) is 6.15. The van der Waals surface area contributed by atoms with Gasteiger partial charge in [0.15, 0.2) is 17.0 Å². The Morgan fingerprint density at radius 3 is 2.81 bits per heavy atom. The third-order valence-electron chi connectivity index (χ3n) is 4.60. The minimum atomic E-state index is -0.957. The molecule has 1 saturated carbocycles. The first-order chi connectivity index (χ1) is 13.0. The molecule has 1 aromatic carbocycles. The smallest absolute Gasteiger partial charge is 0.209 e. The molecular weight excluding hydrogens is 345 g/mol. The number of nitrogens with zero attached hydrogens (tertiary/aromatic N) is 4. The van der Waals surface area contributed by atoms with E-state index in [4.69, 9.17) is 5.73 Å². The van der Waals surface area contributed by atoms with Crippen molar-refractivity contribution < 1.29 is 9.50 Å². The maximum absolute atomic E-state index is 13.7. The summed E-state index contributed by atoms with van der Waals surface area (Å²) in [6.07, 6.45) is 3.95. The van der Waals surface area contributed by atoms with Crippen LogP contribution in [0.5, 0.6) is 0 Å². The topological polar surface area (TPSA) is 89.9 Å². The van der Waals surface area contributed by atoms with E-state index in [2.05, 4.69) is 33.4 Å². The molecule has 0 saturated heterocycles. The number of aromatic nitrogens is 4. The van der Waals surface area contributed by atoms with Crippen molar-refractivity contribution in [1.29, 1.82) is 0 Å². The van der Waals surface area contributed by atoms with E-state index in [-0.39, 0.29) is 17.5 Å². The van der Waals surface area contributed by atoms with Gasteiger partial charge in [0.1, 0.15) is 17.2 Å². The van der Waals surface area contributed by atoms with Gasteiger partial charge in [-0.2, -0.15) is 0 Å². The Morgan fingerprint density at radius 1 is 1.33 bits per heavy atom. The quantitative estimate of drug-likeness (QED) is 0.552. The van der Waals surface area contributed by atoms with Crippen LogP contribution in [0.4, 0.5) is 10.2 Å². The van der Waals surface area contributed by atoms with E-state index in [0.717, 1.165) is 6.42 Å². The van der Waals surface area contributed by atoms with Crippen LogP contribution < -0.4 is 5.73 Å². The van der Waals surface area contributed by atoms with Gasteiger partial charge in [0, 0.05) is 12.1 Å². The molecule has 3 aromatic rings. The van der Waals surface area contributed by atoms with Gasteiger partial charge >= 0.3 is 0 Å². The van der Waals surface area contributed by atoms with Crippen LogP contribution in [-0.4, -0.2) is 30.2 Å². The molecule has 2 aromatic heterocycles. The average molecular weight is 363 g/mol. The molecule has 136 valence electrons. The molecule has 1 fully saturated rings. The Kier molecular flexibility index (Phi) is 4.13. The molecule has 0 spiro atoms. The second kappa shape index (κ2) is 6.49. The van der Waals surface area contributed by atoms with E-state index in [1.54, 1.807) is 22.8 Å². The highest BCUT2D eigenvalue weighted by atomic mass is 19.1. The zero-order chi connectivity index (χ0) is 19.0. The first kappa shape index (κ1) is 17.2. The number of hydrogen-bond donors (Lipinski definition) is 2. The first-order valence-electron chi connectivity index (χ1n) is 8.65. The molecule has 2 heterocycles. The van der Waals surface area contributed by atoms with E-state index in [1.165, 1.54) is 12.1 Å². The van der Waals surface area contributed by atoms with Crippen LogP contribution in [0.2, 0.25) is 0 Å². The Hall–Kier alpha value is -3.24. The molecule has 3 N–H and O–H groups in total. The SMILES string of the molecule is C=CCn1c(-c2cccc(F)c2)nc2c(N)nc(C#CC3(O)CCC3)nc21. The summed E-state index contributed by atoms with van der Waals surface area (Å²) in [5, 5.41) is 10.1. The molecule has 6 nitrogen and oxygen atoms in total. The van der Waals surface area contributed by atoms with Crippen LogP contribution in [0.15, 0.2) is 36.9 Å². The van der Waals surface area contributed by atoms with Crippen LogP contribution in [0.1, 0.15) is 25.1 Å². The highest BCUT2D eigenvalue weighted by molar-refractivity contribution is 5.86. The Balaban J connectivity index is 1.87. The summed E-state index contributed by atoms with van der Waals surface area (Å²) < 4.78 is 15.5. The fourth-order valence-corrected chi connectivity index (χ4v) is 3.04. The largest absolute Gasteiger partial charge is 0.382 e. The molecule has 1 aliphatic rings. The number of halogens is 1. The molecule has 0 atom stereocenters. The van der Waals surface area contributed by atoms with Crippen molar-refractivity contribution in [1.82, 2.24) is 19.5 Å². The lowest BCUT2D eigenvalue weighted by Crippen LogP contribution is -2.34. The first-order valence-corrected chi connectivity index (χ1v) is 8.65. The average Bonchev–Trinajstić information content (AvgIpc) is 2.98. The minimum Gasteiger partial charge on any atom is -0.382 e. The van der Waals surface area contributed by atoms with Gasteiger partial charge in [0.2, 0.25) is 5.82 Å². The number of imidazole rings is 1. The number of allylic oxidation sites excluding steroid dienone is 1. The summed E-state index contributed by atoms with van der Waals surface area (Å²) in [7, 11) is 0. The van der Waals surface area contributed by atoms with Crippen LogP contribution in [0.3, 0.4) is 0 Å². The second-order valence-electron chi connectivity index (χ2n) is 6.58. The van der Waals surface area contributed by atoms with Crippen LogP contribution in [0.25, 0.3) is 22.6 Å². The van der Waals surface area contributed by atoms with Crippen LogP contribution in [0, 0.1) is 17.7 Å². The highest BCUT2D eigenvalue weighted by Gasteiger charge is 2.32. The maximum Gasteiger partial charge on any atom is 0.209 e. The zero-order valence-electron chi connectivity index (χ0n) is 14.6. The fourth-order valence-electron chi connectivity index (χ4n) is 3.04. The summed E-state index contributed by atoms with van der Waals surface area (Å²) in [4.78, 5) is 13.2.